The molecule has 2 N–H and O–H groups in total. The number of hydrogen-bond acceptors (Lipinski definition) is 4. The highest BCUT2D eigenvalue weighted by Gasteiger charge is 2.11. The lowest BCUT2D eigenvalue weighted by molar-refractivity contribution is 0.171. The number of hydrogen-bond donors (Lipinski definition) is 2. The quantitative estimate of drug-likeness (QED) is 0.782. The van der Waals surface area contributed by atoms with Crippen LogP contribution in [0.4, 0.5) is 16.2 Å². The van der Waals surface area contributed by atoms with Crippen molar-refractivity contribution in [2.75, 3.05) is 43.1 Å². The molecule has 0 saturated carbocycles. The SMILES string of the molecule is CCN(CC)c1ccc(NC(=O)NCCc2ccc3c(c2)OCCO3)cc1. The molecule has 0 unspecified atom stereocenters. The van der Waals surface area contributed by atoms with Crippen LogP contribution in [0.15, 0.2) is 42.5 Å². The number of ether oxygens (including phenoxy) is 2. The standard InChI is InChI=1S/C21H27N3O3/c1-3-24(4-2)18-8-6-17(7-9-18)23-21(25)22-12-11-16-5-10-19-20(15-16)27-14-13-26-19/h5-10,15H,3-4,11-14H2,1-2H3,(H2,22,23,25). The van der Waals surface area contributed by atoms with Crippen molar-refractivity contribution in [1.29, 1.82) is 0 Å². The first-order valence-electron chi connectivity index (χ1n) is 9.48. The zero-order valence-corrected chi connectivity index (χ0v) is 16.0. The second-order valence-corrected chi connectivity index (χ2v) is 6.33. The van der Waals surface area contributed by atoms with E-state index in [0.717, 1.165) is 47.9 Å². The van der Waals surface area contributed by atoms with Gasteiger partial charge in [-0.05, 0) is 62.2 Å². The second kappa shape index (κ2) is 9.16. The summed E-state index contributed by atoms with van der Waals surface area (Å²) in [5, 5.41) is 5.75. The number of urea groups is 1. The number of nitrogens with one attached hydrogen (secondary N) is 2. The predicted octanol–water partition coefficient (Wildman–Crippen LogP) is 3.67. The first-order valence-corrected chi connectivity index (χ1v) is 9.48. The fourth-order valence-electron chi connectivity index (χ4n) is 3.08. The van der Waals surface area contributed by atoms with E-state index in [1.165, 1.54) is 0 Å². The minimum Gasteiger partial charge on any atom is -0.486 e. The van der Waals surface area contributed by atoms with Crippen LogP contribution in [-0.2, 0) is 6.42 Å². The van der Waals surface area contributed by atoms with Crippen LogP contribution in [0.25, 0.3) is 0 Å². The number of fused-ring (bicyclic) bond motifs is 1. The largest absolute Gasteiger partial charge is 0.486 e. The molecule has 0 radical (unpaired) electrons. The Balaban J connectivity index is 1.46. The van der Waals surface area contributed by atoms with Crippen LogP contribution in [-0.4, -0.2) is 38.9 Å². The maximum Gasteiger partial charge on any atom is 0.319 e. The van der Waals surface area contributed by atoms with Crippen molar-refractivity contribution in [1.82, 2.24) is 5.32 Å². The molecule has 2 aromatic rings. The molecule has 0 bridgehead atoms. The summed E-state index contributed by atoms with van der Waals surface area (Å²) >= 11 is 0. The summed E-state index contributed by atoms with van der Waals surface area (Å²) in [5.41, 5.74) is 3.04. The molecule has 144 valence electrons. The Labute approximate surface area is 160 Å². The molecule has 2 aromatic carbocycles. The van der Waals surface area contributed by atoms with Crippen molar-refractivity contribution in [2.24, 2.45) is 0 Å². The van der Waals surface area contributed by atoms with Crippen molar-refractivity contribution in [2.45, 2.75) is 20.3 Å². The first-order chi connectivity index (χ1) is 13.2. The fourth-order valence-corrected chi connectivity index (χ4v) is 3.08. The normalized spacial score (nSPS) is 12.4. The molecule has 0 atom stereocenters. The molecular weight excluding hydrogens is 342 g/mol. The summed E-state index contributed by atoms with van der Waals surface area (Å²) in [6, 6.07) is 13.6. The lowest BCUT2D eigenvalue weighted by atomic mass is 10.1. The molecule has 0 aliphatic carbocycles. The number of nitrogens with zero attached hydrogens (tertiary/aromatic N) is 1. The Morgan fingerprint density at radius 2 is 1.70 bits per heavy atom. The number of amides is 2. The molecule has 6 heteroatoms. The Hall–Kier alpha value is -2.89. The first kappa shape index (κ1) is 18.9. The number of anilines is 2. The van der Waals surface area contributed by atoms with Gasteiger partial charge in [0, 0.05) is 31.0 Å². The van der Waals surface area contributed by atoms with Crippen molar-refractivity contribution in [3.63, 3.8) is 0 Å². The van der Waals surface area contributed by atoms with Crippen LogP contribution in [0.5, 0.6) is 11.5 Å². The monoisotopic (exact) mass is 369 g/mol. The minimum absolute atomic E-state index is 0.205. The maximum atomic E-state index is 12.1. The summed E-state index contributed by atoms with van der Waals surface area (Å²) in [6.45, 7) is 7.89. The van der Waals surface area contributed by atoms with Gasteiger partial charge in [0.05, 0.1) is 0 Å². The molecule has 27 heavy (non-hydrogen) atoms. The molecule has 0 spiro atoms. The van der Waals surface area contributed by atoms with Crippen LogP contribution in [0, 0.1) is 0 Å². The topological polar surface area (TPSA) is 62.8 Å². The zero-order valence-electron chi connectivity index (χ0n) is 16.0. The maximum absolute atomic E-state index is 12.1. The molecule has 0 saturated heterocycles. The van der Waals surface area contributed by atoms with Crippen LogP contribution in [0.3, 0.4) is 0 Å². The van der Waals surface area contributed by atoms with Crippen molar-refractivity contribution < 1.29 is 14.3 Å². The van der Waals surface area contributed by atoms with E-state index in [-0.39, 0.29) is 6.03 Å². The van der Waals surface area contributed by atoms with Gasteiger partial charge < -0.3 is 25.0 Å². The van der Waals surface area contributed by atoms with E-state index in [0.29, 0.717) is 19.8 Å². The van der Waals surface area contributed by atoms with Gasteiger partial charge in [-0.3, -0.25) is 0 Å². The van der Waals surface area contributed by atoms with E-state index in [4.69, 9.17) is 9.47 Å². The molecule has 6 nitrogen and oxygen atoms in total. The van der Waals surface area contributed by atoms with E-state index in [9.17, 15) is 4.79 Å². The Morgan fingerprint density at radius 3 is 2.41 bits per heavy atom. The molecule has 0 fully saturated rings. The highest BCUT2D eigenvalue weighted by atomic mass is 16.6. The highest BCUT2D eigenvalue weighted by Crippen LogP contribution is 2.30. The van der Waals surface area contributed by atoms with Gasteiger partial charge in [-0.15, -0.1) is 0 Å². The molecular formula is C21H27N3O3. The molecule has 1 aliphatic heterocycles. The number of benzene rings is 2. The van der Waals surface area contributed by atoms with Gasteiger partial charge in [0.2, 0.25) is 0 Å². The lowest BCUT2D eigenvalue weighted by Crippen LogP contribution is -2.30. The number of carbonyl (C=O) groups excluding carboxylic acids is 1. The third kappa shape index (κ3) is 5.06. The van der Waals surface area contributed by atoms with Gasteiger partial charge in [0.1, 0.15) is 13.2 Å². The minimum atomic E-state index is -0.205. The van der Waals surface area contributed by atoms with E-state index < -0.39 is 0 Å². The van der Waals surface area contributed by atoms with Crippen LogP contribution >= 0.6 is 0 Å². The van der Waals surface area contributed by atoms with E-state index in [1.807, 2.05) is 42.5 Å². The Morgan fingerprint density at radius 1 is 1.00 bits per heavy atom. The summed E-state index contributed by atoms with van der Waals surface area (Å²) in [7, 11) is 0. The van der Waals surface area contributed by atoms with Crippen molar-refractivity contribution in [3.05, 3.63) is 48.0 Å². The van der Waals surface area contributed by atoms with Crippen LogP contribution in [0.2, 0.25) is 0 Å². The number of rotatable bonds is 7. The van der Waals surface area contributed by atoms with Crippen LogP contribution in [0.1, 0.15) is 19.4 Å². The van der Waals surface area contributed by atoms with Crippen molar-refractivity contribution in [3.8, 4) is 11.5 Å². The molecule has 3 rings (SSSR count). The van der Waals surface area contributed by atoms with Gasteiger partial charge in [0.15, 0.2) is 11.5 Å². The highest BCUT2D eigenvalue weighted by molar-refractivity contribution is 5.89. The van der Waals surface area contributed by atoms with E-state index in [1.54, 1.807) is 0 Å². The average Bonchev–Trinajstić information content (AvgIpc) is 2.70. The Bertz CT molecular complexity index is 758. The third-order valence-electron chi connectivity index (χ3n) is 4.56. The summed E-state index contributed by atoms with van der Waals surface area (Å²) < 4.78 is 11.1. The average molecular weight is 369 g/mol. The molecule has 1 heterocycles. The predicted molar refractivity (Wildman–Crippen MR) is 108 cm³/mol. The van der Waals surface area contributed by atoms with Gasteiger partial charge in [0.25, 0.3) is 0 Å². The zero-order chi connectivity index (χ0) is 19.1. The fraction of sp³-hybridized carbons (Fsp3) is 0.381. The molecule has 0 aromatic heterocycles. The summed E-state index contributed by atoms with van der Waals surface area (Å²) in [5.74, 6) is 1.56. The van der Waals surface area contributed by atoms with E-state index >= 15 is 0 Å². The van der Waals surface area contributed by atoms with Crippen LogP contribution < -0.4 is 25.0 Å². The van der Waals surface area contributed by atoms with Gasteiger partial charge in [-0.2, -0.15) is 0 Å². The smallest absolute Gasteiger partial charge is 0.319 e. The number of carbonyl (C=O) groups is 1. The van der Waals surface area contributed by atoms with Gasteiger partial charge in [-0.25, -0.2) is 4.79 Å². The van der Waals surface area contributed by atoms with Crippen molar-refractivity contribution >= 4 is 17.4 Å². The van der Waals surface area contributed by atoms with E-state index in [2.05, 4.69) is 29.4 Å². The van der Waals surface area contributed by atoms with Gasteiger partial charge >= 0.3 is 6.03 Å². The molecule has 2 amide bonds. The lowest BCUT2D eigenvalue weighted by Gasteiger charge is -2.21. The third-order valence-corrected chi connectivity index (χ3v) is 4.56. The Kier molecular flexibility index (Phi) is 6.41. The molecule has 1 aliphatic rings. The summed E-state index contributed by atoms with van der Waals surface area (Å²) in [4.78, 5) is 14.4. The summed E-state index contributed by atoms with van der Waals surface area (Å²) in [6.07, 6.45) is 0.727. The second-order valence-electron chi connectivity index (χ2n) is 6.33. The van der Waals surface area contributed by atoms with Gasteiger partial charge in [-0.1, -0.05) is 6.07 Å².